The molecule has 1 heterocycles. The fourth-order valence-electron chi connectivity index (χ4n) is 1.38. The first kappa shape index (κ1) is 8.23. The summed E-state index contributed by atoms with van der Waals surface area (Å²) >= 11 is 0. The van der Waals surface area contributed by atoms with Crippen LogP contribution in [-0.2, 0) is 0 Å². The van der Waals surface area contributed by atoms with E-state index in [2.05, 4.69) is 0 Å². The normalized spacial score (nSPS) is 15.1. The number of ether oxygens (including phenoxy) is 1. The highest BCUT2D eigenvalue weighted by Gasteiger charge is 2.19. The van der Waals surface area contributed by atoms with Crippen LogP contribution in [0.2, 0.25) is 0 Å². The molecule has 0 fully saturated rings. The van der Waals surface area contributed by atoms with Crippen molar-refractivity contribution in [2.24, 2.45) is 0 Å². The molecule has 1 aliphatic heterocycles. The Hall–Kier alpha value is -1.38. The second-order valence-corrected chi connectivity index (χ2v) is 3.12. The van der Waals surface area contributed by atoms with Crippen LogP contribution < -0.4 is 4.74 Å². The molecule has 3 heteroatoms. The molecule has 0 N–H and O–H groups in total. The zero-order valence-corrected chi connectivity index (χ0v) is 7.26. The summed E-state index contributed by atoms with van der Waals surface area (Å²) in [6.07, 6.45) is 0.343. The molecule has 0 amide bonds. The van der Waals surface area contributed by atoms with Crippen molar-refractivity contribution in [1.82, 2.24) is 0 Å². The lowest BCUT2D eigenvalue weighted by atomic mass is 10.0. The zero-order valence-electron chi connectivity index (χ0n) is 7.26. The molecular formula is C10H9FO2. The number of carbonyl (C=O) groups excluding carboxylic acids is 1. The van der Waals surface area contributed by atoms with Crippen LogP contribution in [0.1, 0.15) is 22.3 Å². The van der Waals surface area contributed by atoms with Crippen LogP contribution >= 0.6 is 0 Å². The molecule has 0 atom stereocenters. The predicted octanol–water partition coefficient (Wildman–Crippen LogP) is 2.10. The average Bonchev–Trinajstić information content (AvgIpc) is 2.09. The maximum absolute atomic E-state index is 13.1. The number of benzene rings is 1. The maximum atomic E-state index is 13.1. The second-order valence-electron chi connectivity index (χ2n) is 3.12. The SMILES string of the molecule is Cc1cc2c(cc1F)C(=O)CCO2. The highest BCUT2D eigenvalue weighted by Crippen LogP contribution is 2.27. The molecule has 0 saturated carbocycles. The number of Topliss-reactive ketones (excluding diaryl/α,β-unsaturated/α-hetero) is 1. The van der Waals surface area contributed by atoms with E-state index >= 15 is 0 Å². The third kappa shape index (κ3) is 1.30. The molecule has 0 bridgehead atoms. The first-order valence-electron chi connectivity index (χ1n) is 4.14. The first-order valence-corrected chi connectivity index (χ1v) is 4.14. The van der Waals surface area contributed by atoms with E-state index in [1.54, 1.807) is 13.0 Å². The maximum Gasteiger partial charge on any atom is 0.170 e. The molecule has 0 saturated heterocycles. The van der Waals surface area contributed by atoms with Gasteiger partial charge in [-0.3, -0.25) is 4.79 Å². The summed E-state index contributed by atoms with van der Waals surface area (Å²) in [6.45, 7) is 2.05. The Morgan fingerprint density at radius 1 is 1.46 bits per heavy atom. The molecule has 2 nitrogen and oxygen atoms in total. The summed E-state index contributed by atoms with van der Waals surface area (Å²) in [5.41, 5.74) is 0.878. The van der Waals surface area contributed by atoms with Crippen LogP contribution in [0.25, 0.3) is 0 Å². The molecule has 13 heavy (non-hydrogen) atoms. The fraction of sp³-hybridized carbons (Fsp3) is 0.300. The quantitative estimate of drug-likeness (QED) is 0.611. The average molecular weight is 180 g/mol. The van der Waals surface area contributed by atoms with E-state index in [0.29, 0.717) is 29.9 Å². The summed E-state index contributed by atoms with van der Waals surface area (Å²) in [5, 5.41) is 0. The van der Waals surface area contributed by atoms with Crippen molar-refractivity contribution in [2.75, 3.05) is 6.61 Å². The number of halogens is 1. The monoisotopic (exact) mass is 180 g/mol. The lowest BCUT2D eigenvalue weighted by Gasteiger charge is -2.16. The number of rotatable bonds is 0. The van der Waals surface area contributed by atoms with E-state index in [9.17, 15) is 9.18 Å². The van der Waals surface area contributed by atoms with E-state index in [1.807, 2.05) is 0 Å². The number of fused-ring (bicyclic) bond motifs is 1. The van der Waals surface area contributed by atoms with Gasteiger partial charge in [0.1, 0.15) is 11.6 Å². The van der Waals surface area contributed by atoms with Crippen LogP contribution in [0.4, 0.5) is 4.39 Å². The largest absolute Gasteiger partial charge is 0.492 e. The number of hydrogen-bond donors (Lipinski definition) is 0. The van der Waals surface area contributed by atoms with E-state index in [-0.39, 0.29) is 11.6 Å². The van der Waals surface area contributed by atoms with Crippen molar-refractivity contribution in [2.45, 2.75) is 13.3 Å². The molecule has 0 aliphatic carbocycles. The minimum absolute atomic E-state index is 0.0415. The molecule has 0 unspecified atom stereocenters. The molecule has 0 radical (unpaired) electrons. The highest BCUT2D eigenvalue weighted by molar-refractivity contribution is 5.99. The van der Waals surface area contributed by atoms with Crippen molar-refractivity contribution in [3.05, 3.63) is 29.1 Å². The van der Waals surface area contributed by atoms with Crippen LogP contribution in [0.15, 0.2) is 12.1 Å². The third-order valence-electron chi connectivity index (χ3n) is 2.15. The predicted molar refractivity (Wildman–Crippen MR) is 45.6 cm³/mol. The molecule has 1 aliphatic rings. The van der Waals surface area contributed by atoms with Gasteiger partial charge >= 0.3 is 0 Å². The minimum atomic E-state index is -0.349. The van der Waals surface area contributed by atoms with Gasteiger partial charge in [-0.2, -0.15) is 0 Å². The van der Waals surface area contributed by atoms with Gasteiger partial charge in [0.05, 0.1) is 12.2 Å². The highest BCUT2D eigenvalue weighted by atomic mass is 19.1. The van der Waals surface area contributed by atoms with E-state index < -0.39 is 0 Å². The molecule has 0 aromatic heterocycles. The minimum Gasteiger partial charge on any atom is -0.492 e. The van der Waals surface area contributed by atoms with Gasteiger partial charge in [0.15, 0.2) is 5.78 Å². The Morgan fingerprint density at radius 3 is 3.00 bits per heavy atom. The Kier molecular flexibility index (Phi) is 1.79. The smallest absolute Gasteiger partial charge is 0.170 e. The lowest BCUT2D eigenvalue weighted by Crippen LogP contribution is -2.15. The second kappa shape index (κ2) is 2.83. The van der Waals surface area contributed by atoms with Gasteiger partial charge in [0.25, 0.3) is 0 Å². The topological polar surface area (TPSA) is 26.3 Å². The van der Waals surface area contributed by atoms with Gasteiger partial charge in [-0.15, -0.1) is 0 Å². The molecule has 1 aromatic rings. The van der Waals surface area contributed by atoms with E-state index in [0.717, 1.165) is 0 Å². The lowest BCUT2D eigenvalue weighted by molar-refractivity contribution is 0.0933. The van der Waals surface area contributed by atoms with Crippen molar-refractivity contribution < 1.29 is 13.9 Å². The fourth-order valence-corrected chi connectivity index (χ4v) is 1.38. The number of carbonyl (C=O) groups is 1. The summed E-state index contributed by atoms with van der Waals surface area (Å²) < 4.78 is 18.3. The van der Waals surface area contributed by atoms with Gasteiger partial charge in [-0.1, -0.05) is 0 Å². The van der Waals surface area contributed by atoms with Gasteiger partial charge in [-0.05, 0) is 24.6 Å². The van der Waals surface area contributed by atoms with Crippen LogP contribution in [0, 0.1) is 12.7 Å². The number of aryl methyl sites for hydroxylation is 1. The van der Waals surface area contributed by atoms with Crippen LogP contribution in [-0.4, -0.2) is 12.4 Å². The Labute approximate surface area is 75.3 Å². The van der Waals surface area contributed by atoms with Crippen molar-refractivity contribution in [1.29, 1.82) is 0 Å². The van der Waals surface area contributed by atoms with Crippen molar-refractivity contribution in [3.8, 4) is 5.75 Å². The van der Waals surface area contributed by atoms with Gasteiger partial charge in [0.2, 0.25) is 0 Å². The van der Waals surface area contributed by atoms with Gasteiger partial charge < -0.3 is 4.74 Å². The van der Waals surface area contributed by atoms with Gasteiger partial charge in [0, 0.05) is 6.42 Å². The molecule has 2 rings (SSSR count). The third-order valence-corrected chi connectivity index (χ3v) is 2.15. The summed E-state index contributed by atoms with van der Waals surface area (Å²) in [7, 11) is 0. The van der Waals surface area contributed by atoms with Crippen LogP contribution in [0.3, 0.4) is 0 Å². The van der Waals surface area contributed by atoms with Crippen molar-refractivity contribution in [3.63, 3.8) is 0 Å². The molecule has 1 aromatic carbocycles. The number of ketones is 1. The first-order chi connectivity index (χ1) is 6.18. The van der Waals surface area contributed by atoms with Crippen molar-refractivity contribution >= 4 is 5.78 Å². The number of hydrogen-bond acceptors (Lipinski definition) is 2. The Bertz CT molecular complexity index is 371. The van der Waals surface area contributed by atoms with E-state index in [4.69, 9.17) is 4.74 Å². The molecular weight excluding hydrogens is 171 g/mol. The molecule has 68 valence electrons. The standard InChI is InChI=1S/C10H9FO2/c1-6-4-10-7(5-8(6)11)9(12)2-3-13-10/h4-5H,2-3H2,1H3. The van der Waals surface area contributed by atoms with E-state index in [1.165, 1.54) is 6.07 Å². The van der Waals surface area contributed by atoms with Crippen LogP contribution in [0.5, 0.6) is 5.75 Å². The van der Waals surface area contributed by atoms with Gasteiger partial charge in [-0.25, -0.2) is 4.39 Å². The summed E-state index contributed by atoms with van der Waals surface area (Å²) in [4.78, 5) is 11.3. The molecule has 0 spiro atoms. The Balaban J connectivity index is 2.58. The summed E-state index contributed by atoms with van der Waals surface area (Å²) in [5.74, 6) is 0.118. The Morgan fingerprint density at radius 2 is 2.23 bits per heavy atom. The zero-order chi connectivity index (χ0) is 9.42. The summed E-state index contributed by atoms with van der Waals surface area (Å²) in [6, 6.07) is 2.83.